The Balaban J connectivity index is 2.91. The zero-order valence-corrected chi connectivity index (χ0v) is 17.9. The first-order chi connectivity index (χ1) is 12.5. The average molecular weight is 419 g/mol. The van der Waals surface area contributed by atoms with Crippen LogP contribution in [-0.4, -0.2) is 81.7 Å². The molecule has 27 heavy (non-hydrogen) atoms. The SMILES string of the molecule is CCN(CC)S(=O)(=O)c1cc(NC(=O)CN(C)CC(=O)N(C)C)ccc1Cl. The van der Waals surface area contributed by atoms with Crippen LogP contribution >= 0.6 is 11.6 Å². The Morgan fingerprint density at radius 3 is 2.19 bits per heavy atom. The molecule has 0 spiro atoms. The maximum absolute atomic E-state index is 12.7. The smallest absolute Gasteiger partial charge is 0.244 e. The van der Waals surface area contributed by atoms with E-state index < -0.39 is 10.0 Å². The normalized spacial score (nSPS) is 11.7. The van der Waals surface area contributed by atoms with Gasteiger partial charge in [-0.3, -0.25) is 14.5 Å². The molecule has 0 atom stereocenters. The largest absolute Gasteiger partial charge is 0.348 e. The van der Waals surface area contributed by atoms with E-state index in [0.717, 1.165) is 0 Å². The monoisotopic (exact) mass is 418 g/mol. The molecular formula is C17H27ClN4O4S. The predicted molar refractivity (Wildman–Crippen MR) is 106 cm³/mol. The lowest BCUT2D eigenvalue weighted by atomic mass is 10.3. The third-order valence-electron chi connectivity index (χ3n) is 3.86. The number of rotatable bonds is 9. The number of halogens is 1. The van der Waals surface area contributed by atoms with Crippen molar-refractivity contribution in [1.29, 1.82) is 0 Å². The van der Waals surface area contributed by atoms with E-state index in [1.807, 2.05) is 0 Å². The molecule has 0 unspecified atom stereocenters. The summed E-state index contributed by atoms with van der Waals surface area (Å²) in [5.41, 5.74) is 0.322. The Bertz CT molecular complexity index is 779. The van der Waals surface area contributed by atoms with Gasteiger partial charge in [0.1, 0.15) is 4.90 Å². The molecule has 1 aromatic carbocycles. The minimum atomic E-state index is -3.75. The van der Waals surface area contributed by atoms with E-state index in [9.17, 15) is 18.0 Å². The van der Waals surface area contributed by atoms with Crippen LogP contribution in [0.25, 0.3) is 0 Å². The summed E-state index contributed by atoms with van der Waals surface area (Å²) in [6, 6.07) is 4.32. The van der Waals surface area contributed by atoms with Crippen molar-refractivity contribution < 1.29 is 18.0 Å². The maximum atomic E-state index is 12.7. The van der Waals surface area contributed by atoms with Crippen LogP contribution in [0.15, 0.2) is 23.1 Å². The molecule has 0 aliphatic rings. The van der Waals surface area contributed by atoms with Crippen LogP contribution in [-0.2, 0) is 19.6 Å². The number of carbonyl (C=O) groups excluding carboxylic acids is 2. The molecule has 0 aromatic heterocycles. The predicted octanol–water partition coefficient (Wildman–Crippen LogP) is 1.33. The molecule has 1 N–H and O–H groups in total. The van der Waals surface area contributed by atoms with Crippen molar-refractivity contribution >= 4 is 39.1 Å². The quantitative estimate of drug-likeness (QED) is 0.653. The Morgan fingerprint density at radius 1 is 1.07 bits per heavy atom. The van der Waals surface area contributed by atoms with Crippen molar-refractivity contribution in [2.75, 3.05) is 52.6 Å². The lowest BCUT2D eigenvalue weighted by Gasteiger charge is -2.20. The van der Waals surface area contributed by atoms with E-state index >= 15 is 0 Å². The summed E-state index contributed by atoms with van der Waals surface area (Å²) in [4.78, 5) is 26.8. The van der Waals surface area contributed by atoms with Gasteiger partial charge in [-0.15, -0.1) is 0 Å². The van der Waals surface area contributed by atoms with Gasteiger partial charge >= 0.3 is 0 Å². The number of amides is 2. The van der Waals surface area contributed by atoms with Crippen LogP contribution in [0.3, 0.4) is 0 Å². The molecule has 0 aliphatic carbocycles. The molecular weight excluding hydrogens is 392 g/mol. The second kappa shape index (κ2) is 10.0. The first kappa shape index (κ1) is 23.4. The average Bonchev–Trinajstić information content (AvgIpc) is 2.56. The molecule has 0 saturated heterocycles. The molecule has 2 amide bonds. The summed E-state index contributed by atoms with van der Waals surface area (Å²) >= 11 is 6.08. The first-order valence-corrected chi connectivity index (χ1v) is 10.3. The van der Waals surface area contributed by atoms with Gasteiger partial charge in [-0.1, -0.05) is 25.4 Å². The number of nitrogens with one attached hydrogen (secondary N) is 1. The van der Waals surface area contributed by atoms with E-state index in [1.165, 1.54) is 27.4 Å². The van der Waals surface area contributed by atoms with Crippen LogP contribution in [0.4, 0.5) is 5.69 Å². The molecule has 0 aliphatic heterocycles. The molecule has 0 saturated carbocycles. The van der Waals surface area contributed by atoms with E-state index in [2.05, 4.69) is 5.32 Å². The van der Waals surface area contributed by atoms with Gasteiger partial charge < -0.3 is 10.2 Å². The number of hydrogen-bond donors (Lipinski definition) is 1. The Labute approximate surface area is 166 Å². The highest BCUT2D eigenvalue weighted by Crippen LogP contribution is 2.27. The molecule has 0 fully saturated rings. The fourth-order valence-electron chi connectivity index (χ4n) is 2.36. The molecule has 10 heteroatoms. The summed E-state index contributed by atoms with van der Waals surface area (Å²) < 4.78 is 26.7. The van der Waals surface area contributed by atoms with Crippen molar-refractivity contribution in [3.05, 3.63) is 23.2 Å². The highest BCUT2D eigenvalue weighted by molar-refractivity contribution is 7.89. The number of likely N-dealkylation sites (N-methyl/N-ethyl adjacent to an activating group) is 2. The summed E-state index contributed by atoms with van der Waals surface area (Å²) in [6.45, 7) is 4.20. The van der Waals surface area contributed by atoms with Crippen LogP contribution in [0.5, 0.6) is 0 Å². The van der Waals surface area contributed by atoms with Gasteiger partial charge in [0.05, 0.1) is 18.1 Å². The molecule has 0 heterocycles. The van der Waals surface area contributed by atoms with Crippen LogP contribution < -0.4 is 5.32 Å². The van der Waals surface area contributed by atoms with Crippen LogP contribution in [0.2, 0.25) is 5.02 Å². The number of hydrogen-bond acceptors (Lipinski definition) is 5. The standard InChI is InChI=1S/C17H27ClN4O4S/c1-6-22(7-2)27(25,26)15-10-13(8-9-14(15)18)19-16(23)11-21(5)12-17(24)20(3)4/h8-10H,6-7,11-12H2,1-5H3,(H,19,23). The van der Waals surface area contributed by atoms with Gasteiger partial charge in [-0.25, -0.2) is 8.42 Å². The number of nitrogens with zero attached hydrogens (tertiary/aromatic N) is 3. The van der Waals surface area contributed by atoms with Gasteiger partial charge in [0, 0.05) is 32.9 Å². The zero-order valence-electron chi connectivity index (χ0n) is 16.3. The third-order valence-corrected chi connectivity index (χ3v) is 6.39. The summed E-state index contributed by atoms with van der Waals surface area (Å²) in [5.74, 6) is -0.484. The number of sulfonamides is 1. The number of carbonyl (C=O) groups is 2. The first-order valence-electron chi connectivity index (χ1n) is 8.51. The van der Waals surface area contributed by atoms with Crippen molar-refractivity contribution in [2.24, 2.45) is 0 Å². The van der Waals surface area contributed by atoms with Crippen molar-refractivity contribution in [3.8, 4) is 0 Å². The van der Waals surface area contributed by atoms with Crippen molar-refractivity contribution in [2.45, 2.75) is 18.7 Å². The molecule has 8 nitrogen and oxygen atoms in total. The molecule has 0 radical (unpaired) electrons. The minimum absolute atomic E-state index is 0.0136. The maximum Gasteiger partial charge on any atom is 0.244 e. The third kappa shape index (κ3) is 6.46. The Hall–Kier alpha value is -1.68. The van der Waals surface area contributed by atoms with Crippen LogP contribution in [0.1, 0.15) is 13.8 Å². The van der Waals surface area contributed by atoms with Gasteiger partial charge in [0.15, 0.2) is 0 Å². The lowest BCUT2D eigenvalue weighted by Crippen LogP contribution is -2.38. The lowest BCUT2D eigenvalue weighted by molar-refractivity contribution is -0.130. The summed E-state index contributed by atoms with van der Waals surface area (Å²) in [6.07, 6.45) is 0. The fourth-order valence-corrected chi connectivity index (χ4v) is 4.31. The van der Waals surface area contributed by atoms with Crippen LogP contribution in [0, 0.1) is 0 Å². The second-order valence-electron chi connectivity index (χ2n) is 6.24. The number of anilines is 1. The number of benzene rings is 1. The van der Waals surface area contributed by atoms with Gasteiger partial charge in [0.2, 0.25) is 21.8 Å². The summed E-state index contributed by atoms with van der Waals surface area (Å²) in [5, 5.41) is 2.73. The van der Waals surface area contributed by atoms with Crippen molar-refractivity contribution in [1.82, 2.24) is 14.1 Å². The highest BCUT2D eigenvalue weighted by atomic mass is 35.5. The minimum Gasteiger partial charge on any atom is -0.348 e. The topological polar surface area (TPSA) is 90.0 Å². The highest BCUT2D eigenvalue weighted by Gasteiger charge is 2.25. The van der Waals surface area contributed by atoms with E-state index in [0.29, 0.717) is 18.8 Å². The van der Waals surface area contributed by atoms with Crippen molar-refractivity contribution in [3.63, 3.8) is 0 Å². The van der Waals surface area contributed by atoms with E-state index in [4.69, 9.17) is 11.6 Å². The molecule has 1 rings (SSSR count). The zero-order chi connectivity index (χ0) is 20.8. The van der Waals surface area contributed by atoms with Gasteiger partial charge in [-0.2, -0.15) is 4.31 Å². The molecule has 0 bridgehead atoms. The molecule has 1 aromatic rings. The van der Waals surface area contributed by atoms with E-state index in [1.54, 1.807) is 39.9 Å². The second-order valence-corrected chi connectivity index (χ2v) is 8.56. The molecule has 152 valence electrons. The van der Waals surface area contributed by atoms with Gasteiger partial charge in [-0.05, 0) is 25.2 Å². The van der Waals surface area contributed by atoms with Gasteiger partial charge in [0.25, 0.3) is 0 Å². The Morgan fingerprint density at radius 2 is 1.67 bits per heavy atom. The summed E-state index contributed by atoms with van der Waals surface area (Å²) in [7, 11) is 1.18. The fraction of sp³-hybridized carbons (Fsp3) is 0.529. The van der Waals surface area contributed by atoms with E-state index in [-0.39, 0.29) is 34.8 Å². The Kier molecular flexibility index (Phi) is 8.67.